The third kappa shape index (κ3) is 5.36. The van der Waals surface area contributed by atoms with Gasteiger partial charge in [-0.15, -0.1) is 0 Å². The Kier molecular flexibility index (Phi) is 4.52. The summed E-state index contributed by atoms with van der Waals surface area (Å²) in [6, 6.07) is 7.59. The topological polar surface area (TPSA) is 64.3 Å². The van der Waals surface area contributed by atoms with Crippen molar-refractivity contribution in [1.82, 2.24) is 5.32 Å². The molecule has 0 aliphatic heterocycles. The van der Waals surface area contributed by atoms with Gasteiger partial charge in [0.25, 0.3) is 0 Å². The summed E-state index contributed by atoms with van der Waals surface area (Å²) in [6.07, 6.45) is 0.323. The number of methoxy groups -OCH3 is 1. The smallest absolute Gasteiger partial charge is 0.222 e. The zero-order chi connectivity index (χ0) is 12.9. The van der Waals surface area contributed by atoms with Gasteiger partial charge in [-0.2, -0.15) is 0 Å². The average Bonchev–Trinajstić information content (AvgIpc) is 2.25. The standard InChI is InChI=1S/C13H20N2O2/c1-13(2,14)8-12(16)15-9-10-4-6-11(17-3)7-5-10/h4-7H,8-9,14H2,1-3H3,(H,15,16). The van der Waals surface area contributed by atoms with Crippen LogP contribution in [0.4, 0.5) is 0 Å². The van der Waals surface area contributed by atoms with Gasteiger partial charge in [0, 0.05) is 18.5 Å². The summed E-state index contributed by atoms with van der Waals surface area (Å²) in [7, 11) is 1.63. The monoisotopic (exact) mass is 236 g/mol. The molecule has 94 valence electrons. The second-order valence-electron chi connectivity index (χ2n) is 4.79. The fourth-order valence-corrected chi connectivity index (χ4v) is 1.42. The van der Waals surface area contributed by atoms with Crippen molar-refractivity contribution >= 4 is 5.91 Å². The van der Waals surface area contributed by atoms with E-state index in [1.165, 1.54) is 0 Å². The van der Waals surface area contributed by atoms with Crippen LogP contribution in [0.25, 0.3) is 0 Å². The number of nitrogens with one attached hydrogen (secondary N) is 1. The zero-order valence-corrected chi connectivity index (χ0v) is 10.6. The van der Waals surface area contributed by atoms with Gasteiger partial charge in [0.05, 0.1) is 7.11 Å². The third-order valence-corrected chi connectivity index (χ3v) is 2.26. The van der Waals surface area contributed by atoms with Gasteiger partial charge in [-0.25, -0.2) is 0 Å². The zero-order valence-electron chi connectivity index (χ0n) is 10.6. The number of carbonyl (C=O) groups excluding carboxylic acids is 1. The van der Waals surface area contributed by atoms with Crippen LogP contribution in [-0.4, -0.2) is 18.6 Å². The van der Waals surface area contributed by atoms with Crippen LogP contribution < -0.4 is 15.8 Å². The summed E-state index contributed by atoms with van der Waals surface area (Å²) >= 11 is 0. The van der Waals surface area contributed by atoms with Gasteiger partial charge in [-0.1, -0.05) is 12.1 Å². The molecule has 0 heterocycles. The highest BCUT2D eigenvalue weighted by Gasteiger charge is 2.15. The van der Waals surface area contributed by atoms with Gasteiger partial charge in [0.15, 0.2) is 0 Å². The van der Waals surface area contributed by atoms with E-state index in [1.807, 2.05) is 38.1 Å². The molecule has 0 aliphatic carbocycles. The Morgan fingerprint density at radius 3 is 2.41 bits per heavy atom. The lowest BCUT2D eigenvalue weighted by Gasteiger charge is -2.17. The first-order valence-corrected chi connectivity index (χ1v) is 5.59. The van der Waals surface area contributed by atoms with E-state index in [9.17, 15) is 4.79 Å². The number of benzene rings is 1. The molecule has 1 rings (SSSR count). The van der Waals surface area contributed by atoms with Gasteiger partial charge >= 0.3 is 0 Å². The van der Waals surface area contributed by atoms with Crippen LogP contribution in [0.2, 0.25) is 0 Å². The van der Waals surface area contributed by atoms with Crippen molar-refractivity contribution in [3.05, 3.63) is 29.8 Å². The Hall–Kier alpha value is -1.55. The predicted octanol–water partition coefficient (Wildman–Crippen LogP) is 1.44. The van der Waals surface area contributed by atoms with Crippen molar-refractivity contribution in [2.24, 2.45) is 5.73 Å². The van der Waals surface area contributed by atoms with E-state index in [4.69, 9.17) is 10.5 Å². The van der Waals surface area contributed by atoms with Gasteiger partial charge in [-0.3, -0.25) is 4.79 Å². The molecule has 0 saturated carbocycles. The predicted molar refractivity (Wildman–Crippen MR) is 67.7 cm³/mol. The number of hydrogen-bond donors (Lipinski definition) is 2. The highest BCUT2D eigenvalue weighted by atomic mass is 16.5. The first-order valence-electron chi connectivity index (χ1n) is 5.59. The minimum atomic E-state index is -0.468. The Morgan fingerprint density at radius 1 is 1.35 bits per heavy atom. The van der Waals surface area contributed by atoms with Gasteiger partial charge in [-0.05, 0) is 31.5 Å². The Morgan fingerprint density at radius 2 is 1.94 bits per heavy atom. The Bertz CT molecular complexity index is 366. The maximum Gasteiger partial charge on any atom is 0.222 e. The molecule has 0 aromatic heterocycles. The van der Waals surface area contributed by atoms with Crippen LogP contribution in [0.3, 0.4) is 0 Å². The first kappa shape index (κ1) is 13.5. The summed E-state index contributed by atoms with van der Waals surface area (Å²) in [4.78, 5) is 11.5. The lowest BCUT2D eigenvalue weighted by atomic mass is 10.0. The van der Waals surface area contributed by atoms with Crippen LogP contribution in [0.1, 0.15) is 25.8 Å². The van der Waals surface area contributed by atoms with E-state index in [0.29, 0.717) is 13.0 Å². The number of nitrogens with two attached hydrogens (primary N) is 1. The average molecular weight is 236 g/mol. The van der Waals surface area contributed by atoms with Crippen molar-refractivity contribution in [2.75, 3.05) is 7.11 Å². The molecule has 3 N–H and O–H groups in total. The summed E-state index contributed by atoms with van der Waals surface area (Å²) in [5.74, 6) is 0.775. The van der Waals surface area contributed by atoms with Crippen LogP contribution in [0.5, 0.6) is 5.75 Å². The molecular formula is C13H20N2O2. The molecule has 4 nitrogen and oxygen atoms in total. The van der Waals surface area contributed by atoms with E-state index >= 15 is 0 Å². The molecule has 17 heavy (non-hydrogen) atoms. The third-order valence-electron chi connectivity index (χ3n) is 2.26. The maximum absolute atomic E-state index is 11.5. The molecule has 0 unspecified atom stereocenters. The summed E-state index contributed by atoms with van der Waals surface area (Å²) < 4.78 is 5.06. The van der Waals surface area contributed by atoms with Crippen LogP contribution in [0, 0.1) is 0 Å². The van der Waals surface area contributed by atoms with E-state index in [1.54, 1.807) is 7.11 Å². The minimum Gasteiger partial charge on any atom is -0.497 e. The molecule has 0 saturated heterocycles. The minimum absolute atomic E-state index is 0.0340. The lowest BCUT2D eigenvalue weighted by molar-refractivity contribution is -0.122. The van der Waals surface area contributed by atoms with Gasteiger partial charge in [0.2, 0.25) is 5.91 Å². The molecule has 4 heteroatoms. The molecule has 1 aromatic rings. The number of carbonyl (C=O) groups is 1. The van der Waals surface area contributed by atoms with E-state index in [0.717, 1.165) is 11.3 Å². The number of amides is 1. The SMILES string of the molecule is COc1ccc(CNC(=O)CC(C)(C)N)cc1. The van der Waals surface area contributed by atoms with E-state index in [-0.39, 0.29) is 5.91 Å². The van der Waals surface area contributed by atoms with Crippen LogP contribution in [0.15, 0.2) is 24.3 Å². The van der Waals surface area contributed by atoms with Crippen molar-refractivity contribution < 1.29 is 9.53 Å². The fraction of sp³-hybridized carbons (Fsp3) is 0.462. The van der Waals surface area contributed by atoms with Crippen LogP contribution >= 0.6 is 0 Å². The second-order valence-corrected chi connectivity index (χ2v) is 4.79. The second kappa shape index (κ2) is 5.68. The highest BCUT2D eigenvalue weighted by Crippen LogP contribution is 2.11. The molecule has 0 spiro atoms. The van der Waals surface area contributed by atoms with Crippen molar-refractivity contribution in [1.29, 1.82) is 0 Å². The molecule has 0 atom stereocenters. The molecule has 0 bridgehead atoms. The first-order chi connectivity index (χ1) is 7.90. The number of ether oxygens (including phenoxy) is 1. The Balaban J connectivity index is 2.42. The van der Waals surface area contributed by atoms with Crippen LogP contribution in [-0.2, 0) is 11.3 Å². The Labute approximate surface area is 102 Å². The van der Waals surface area contributed by atoms with Gasteiger partial charge in [0.1, 0.15) is 5.75 Å². The van der Waals surface area contributed by atoms with E-state index < -0.39 is 5.54 Å². The summed E-state index contributed by atoms with van der Waals surface area (Å²) in [5.41, 5.74) is 6.33. The summed E-state index contributed by atoms with van der Waals surface area (Å²) in [6.45, 7) is 4.18. The number of rotatable bonds is 5. The number of hydrogen-bond acceptors (Lipinski definition) is 3. The van der Waals surface area contributed by atoms with Crippen molar-refractivity contribution in [3.63, 3.8) is 0 Å². The van der Waals surface area contributed by atoms with Crippen molar-refractivity contribution in [3.8, 4) is 5.75 Å². The maximum atomic E-state index is 11.5. The molecule has 0 fully saturated rings. The quantitative estimate of drug-likeness (QED) is 0.813. The fourth-order valence-electron chi connectivity index (χ4n) is 1.42. The van der Waals surface area contributed by atoms with Crippen molar-refractivity contribution in [2.45, 2.75) is 32.4 Å². The van der Waals surface area contributed by atoms with Gasteiger partial charge < -0.3 is 15.8 Å². The molecule has 1 aromatic carbocycles. The molecule has 0 radical (unpaired) electrons. The summed E-state index contributed by atoms with van der Waals surface area (Å²) in [5, 5.41) is 2.83. The largest absolute Gasteiger partial charge is 0.497 e. The molecular weight excluding hydrogens is 216 g/mol. The molecule has 1 amide bonds. The highest BCUT2D eigenvalue weighted by molar-refractivity contribution is 5.77. The normalized spacial score (nSPS) is 11.1. The lowest BCUT2D eigenvalue weighted by Crippen LogP contribution is -2.38. The molecule has 0 aliphatic rings. The van der Waals surface area contributed by atoms with E-state index in [2.05, 4.69) is 5.32 Å².